The molecule has 2 heterocycles. The molecule has 1 aromatic heterocycles. The van der Waals surface area contributed by atoms with E-state index in [4.69, 9.17) is 9.15 Å². The Hall–Kier alpha value is -7.68. The maximum Gasteiger partial charge on any atom is 0.135 e. The van der Waals surface area contributed by atoms with E-state index in [2.05, 4.69) is 188 Å². The largest absolute Gasteiger partial charge is 0.456 e. The van der Waals surface area contributed by atoms with Crippen LogP contribution in [0.15, 0.2) is 199 Å². The van der Waals surface area contributed by atoms with Gasteiger partial charge in [-0.2, -0.15) is 0 Å². The summed E-state index contributed by atoms with van der Waals surface area (Å²) in [5, 5.41) is 7.17. The van der Waals surface area contributed by atoms with Crippen LogP contribution in [-0.4, -0.2) is 0 Å². The smallest absolute Gasteiger partial charge is 0.135 e. The number of para-hydroxylation sites is 1. The Morgan fingerprint density at radius 1 is 0.322 bits per heavy atom. The van der Waals surface area contributed by atoms with Crippen LogP contribution in [0.1, 0.15) is 22.3 Å². The Morgan fingerprint density at radius 2 is 0.966 bits per heavy atom. The van der Waals surface area contributed by atoms with Crippen molar-refractivity contribution in [1.82, 2.24) is 0 Å². The molecule has 0 saturated heterocycles. The van der Waals surface area contributed by atoms with Gasteiger partial charge in [0.2, 0.25) is 0 Å². The fourth-order valence-electron chi connectivity index (χ4n) is 11.1. The van der Waals surface area contributed by atoms with E-state index < -0.39 is 5.41 Å². The molecule has 2 heteroatoms. The van der Waals surface area contributed by atoms with Crippen molar-refractivity contribution < 1.29 is 9.15 Å². The molecule has 0 N–H and O–H groups in total. The van der Waals surface area contributed by atoms with Crippen molar-refractivity contribution in [1.29, 1.82) is 0 Å². The molecule has 11 aromatic rings. The fourth-order valence-corrected chi connectivity index (χ4v) is 11.1. The summed E-state index contributed by atoms with van der Waals surface area (Å²) in [5.74, 6) is 1.81. The number of hydrogen-bond acceptors (Lipinski definition) is 2. The third kappa shape index (κ3) is 4.00. The van der Waals surface area contributed by atoms with Crippen molar-refractivity contribution in [2.24, 2.45) is 0 Å². The molecular weight excluding hydrogens is 717 g/mol. The first-order valence-corrected chi connectivity index (χ1v) is 20.4. The molecule has 0 atom stereocenters. The zero-order chi connectivity index (χ0) is 38.4. The first-order valence-electron chi connectivity index (χ1n) is 20.4. The molecule has 59 heavy (non-hydrogen) atoms. The van der Waals surface area contributed by atoms with Gasteiger partial charge in [-0.1, -0.05) is 152 Å². The Labute approximate surface area is 340 Å². The van der Waals surface area contributed by atoms with Gasteiger partial charge < -0.3 is 9.15 Å². The van der Waals surface area contributed by atoms with E-state index >= 15 is 0 Å². The maximum atomic E-state index is 6.52. The van der Waals surface area contributed by atoms with Gasteiger partial charge in [0.15, 0.2) is 0 Å². The molecule has 2 aliphatic carbocycles. The van der Waals surface area contributed by atoms with Gasteiger partial charge in [-0.3, -0.25) is 0 Å². The van der Waals surface area contributed by atoms with Crippen LogP contribution in [0.3, 0.4) is 0 Å². The standard InChI is InChI=1S/C57H32O2/c1-4-18-48-39(12-1)40-13-2-5-19-49(40)57(48)50-32-35(34-23-28-53-47(30-34)43-16-7-10-33-11-8-21-54(59-53)55(33)43)22-25-41(50)45-27-26-38-37(15-9-17-44(38)56(45)57)36-24-29-52-46(31-36)42-14-3-6-20-51(42)58-52/h1-32H. The lowest BCUT2D eigenvalue weighted by atomic mass is 9.69. The molecule has 0 amide bonds. The van der Waals surface area contributed by atoms with Crippen molar-refractivity contribution in [2.45, 2.75) is 5.41 Å². The van der Waals surface area contributed by atoms with Crippen LogP contribution in [0.5, 0.6) is 11.5 Å². The Balaban J connectivity index is 1.02. The summed E-state index contributed by atoms with van der Waals surface area (Å²) in [6, 6.07) is 71.5. The molecule has 1 aliphatic heterocycles. The SMILES string of the molecule is c1ccc2c(c1)-c1ccccc1C21c2cc(-c3ccc4c(c3)-c3cccc5cccc(c35)O4)ccc2-c2ccc3c(-c4ccc5oc6ccccc6c5c4)cccc3c21. The van der Waals surface area contributed by atoms with Gasteiger partial charge >= 0.3 is 0 Å². The second kappa shape index (κ2) is 11.2. The minimum absolute atomic E-state index is 0.515. The normalized spacial score (nSPS) is 13.7. The Morgan fingerprint density at radius 3 is 1.85 bits per heavy atom. The van der Waals surface area contributed by atoms with E-state index in [0.29, 0.717) is 0 Å². The highest BCUT2D eigenvalue weighted by molar-refractivity contribution is 6.11. The Bertz CT molecular complexity index is 3610. The highest BCUT2D eigenvalue weighted by Crippen LogP contribution is 2.65. The maximum absolute atomic E-state index is 6.52. The van der Waals surface area contributed by atoms with E-state index in [1.807, 2.05) is 6.07 Å². The monoisotopic (exact) mass is 748 g/mol. The number of furan rings is 1. The van der Waals surface area contributed by atoms with Crippen LogP contribution in [0.2, 0.25) is 0 Å². The van der Waals surface area contributed by atoms with Crippen LogP contribution in [-0.2, 0) is 5.41 Å². The highest BCUT2D eigenvalue weighted by atomic mass is 16.5. The van der Waals surface area contributed by atoms with Crippen molar-refractivity contribution in [3.05, 3.63) is 216 Å². The summed E-state index contributed by atoms with van der Waals surface area (Å²) in [6.07, 6.45) is 0. The minimum Gasteiger partial charge on any atom is -0.456 e. The van der Waals surface area contributed by atoms with Crippen molar-refractivity contribution in [3.63, 3.8) is 0 Å². The summed E-state index contributed by atoms with van der Waals surface area (Å²) in [6.45, 7) is 0. The van der Waals surface area contributed by atoms with E-state index in [-0.39, 0.29) is 0 Å². The average molecular weight is 749 g/mol. The van der Waals surface area contributed by atoms with Crippen LogP contribution >= 0.6 is 0 Å². The zero-order valence-corrected chi connectivity index (χ0v) is 31.8. The van der Waals surface area contributed by atoms with Gasteiger partial charge in [-0.05, 0) is 131 Å². The fraction of sp³-hybridized carbons (Fsp3) is 0.0175. The molecule has 10 aromatic carbocycles. The second-order valence-corrected chi connectivity index (χ2v) is 16.3. The molecular formula is C57H32O2. The van der Waals surface area contributed by atoms with Gasteiger partial charge in [-0.15, -0.1) is 0 Å². The third-order valence-corrected chi connectivity index (χ3v) is 13.5. The summed E-state index contributed by atoms with van der Waals surface area (Å²) in [7, 11) is 0. The van der Waals surface area contributed by atoms with Gasteiger partial charge in [0.05, 0.1) is 5.41 Å². The average Bonchev–Trinajstić information content (AvgIpc) is 3.92. The molecule has 272 valence electrons. The number of hydrogen-bond donors (Lipinski definition) is 0. The Kier molecular flexibility index (Phi) is 5.99. The lowest BCUT2D eigenvalue weighted by Gasteiger charge is -2.32. The lowest BCUT2D eigenvalue weighted by Crippen LogP contribution is -2.26. The molecule has 14 rings (SSSR count). The van der Waals surface area contributed by atoms with Crippen molar-refractivity contribution >= 4 is 43.5 Å². The van der Waals surface area contributed by atoms with E-state index in [1.165, 1.54) is 93.9 Å². The molecule has 2 nitrogen and oxygen atoms in total. The van der Waals surface area contributed by atoms with Gasteiger partial charge in [-0.25, -0.2) is 0 Å². The van der Waals surface area contributed by atoms with Crippen molar-refractivity contribution in [2.75, 3.05) is 0 Å². The van der Waals surface area contributed by atoms with Gasteiger partial charge in [0, 0.05) is 21.7 Å². The number of rotatable bonds is 2. The predicted molar refractivity (Wildman–Crippen MR) is 241 cm³/mol. The van der Waals surface area contributed by atoms with Crippen molar-refractivity contribution in [3.8, 4) is 67.1 Å². The minimum atomic E-state index is -0.515. The molecule has 0 saturated carbocycles. The molecule has 0 bridgehead atoms. The zero-order valence-electron chi connectivity index (χ0n) is 31.8. The summed E-state index contributed by atoms with van der Waals surface area (Å²) in [5.41, 5.74) is 19.0. The number of benzene rings is 10. The molecule has 0 unspecified atom stereocenters. The molecule has 3 aliphatic rings. The van der Waals surface area contributed by atoms with Gasteiger partial charge in [0.25, 0.3) is 0 Å². The summed E-state index contributed by atoms with van der Waals surface area (Å²) < 4.78 is 12.8. The number of ether oxygens (including phenoxy) is 1. The highest BCUT2D eigenvalue weighted by Gasteiger charge is 2.52. The van der Waals surface area contributed by atoms with E-state index in [9.17, 15) is 0 Å². The topological polar surface area (TPSA) is 22.4 Å². The molecule has 1 spiro atoms. The quantitative estimate of drug-likeness (QED) is 0.176. The number of fused-ring (bicyclic) bond motifs is 17. The summed E-state index contributed by atoms with van der Waals surface area (Å²) in [4.78, 5) is 0. The van der Waals surface area contributed by atoms with E-state index in [1.54, 1.807) is 0 Å². The second-order valence-electron chi connectivity index (χ2n) is 16.3. The third-order valence-electron chi connectivity index (χ3n) is 13.5. The van der Waals surface area contributed by atoms with Gasteiger partial charge in [0.1, 0.15) is 22.7 Å². The van der Waals surface area contributed by atoms with Crippen LogP contribution < -0.4 is 4.74 Å². The molecule has 0 fully saturated rings. The molecule has 0 radical (unpaired) electrons. The lowest BCUT2D eigenvalue weighted by molar-refractivity contribution is 0.487. The predicted octanol–water partition coefficient (Wildman–Crippen LogP) is 15.3. The van der Waals surface area contributed by atoms with Crippen LogP contribution in [0.4, 0.5) is 0 Å². The first kappa shape index (κ1) is 31.4. The summed E-state index contributed by atoms with van der Waals surface area (Å²) >= 11 is 0. The van der Waals surface area contributed by atoms with E-state index in [0.717, 1.165) is 39.0 Å². The van der Waals surface area contributed by atoms with Crippen LogP contribution in [0, 0.1) is 0 Å². The first-order chi connectivity index (χ1) is 29.2. The van der Waals surface area contributed by atoms with Crippen LogP contribution in [0.25, 0.3) is 99.1 Å².